The van der Waals surface area contributed by atoms with Gasteiger partial charge in [0.15, 0.2) is 0 Å². The number of halogens is 2. The molecule has 1 N–H and O–H groups in total. The number of nitrogens with one attached hydrogen (secondary N) is 1. The maximum absolute atomic E-state index is 14.3. The maximum Gasteiger partial charge on any atom is 0.320 e. The van der Waals surface area contributed by atoms with Gasteiger partial charge in [-0.1, -0.05) is 57.0 Å². The van der Waals surface area contributed by atoms with Gasteiger partial charge in [-0.2, -0.15) is 0 Å². The van der Waals surface area contributed by atoms with Crippen LogP contribution in [0.5, 0.6) is 0 Å². The van der Waals surface area contributed by atoms with Crippen molar-refractivity contribution in [2.75, 3.05) is 19.6 Å². The third-order valence-electron chi connectivity index (χ3n) is 10.0. The van der Waals surface area contributed by atoms with E-state index in [2.05, 4.69) is 24.1 Å². The van der Waals surface area contributed by atoms with Gasteiger partial charge in [0.05, 0.1) is 18.1 Å². The maximum atomic E-state index is 14.3. The average Bonchev–Trinajstić information content (AvgIpc) is 3.47. The molecule has 1 aromatic heterocycles. The highest BCUT2D eigenvalue weighted by Crippen LogP contribution is 2.49. The molecule has 0 radical (unpaired) electrons. The Hall–Kier alpha value is -3.59. The molecule has 44 heavy (non-hydrogen) atoms. The number of benzene rings is 2. The van der Waals surface area contributed by atoms with Crippen LogP contribution in [0.3, 0.4) is 0 Å². The van der Waals surface area contributed by atoms with Crippen molar-refractivity contribution in [3.63, 3.8) is 0 Å². The van der Waals surface area contributed by atoms with Crippen LogP contribution in [-0.2, 0) is 6.54 Å². The summed E-state index contributed by atoms with van der Waals surface area (Å²) in [5.41, 5.74) is 1.96. The fourth-order valence-corrected chi connectivity index (χ4v) is 7.95. The molecule has 2 aromatic carbocycles. The standard InChI is InChI=1S/C35H43F2N5O2/c1-24(2)39-30-11-15-42(32(19-30)26-16-28(36)18-29(37)17-26)34(44)40-14-10-27(35(22-40)12-6-7-13-35)21-41-23-38-31(20-33(41)43)25-8-4-3-5-9-25/h3-5,8-9,16-18,20,23-24,27,30,32,39H,6-7,10-15,19,21-22H2,1-2H3/t27-,30+,32?/m0/s1. The van der Waals surface area contributed by atoms with Crippen molar-refractivity contribution in [2.24, 2.45) is 11.3 Å². The van der Waals surface area contributed by atoms with E-state index in [1.807, 2.05) is 40.1 Å². The van der Waals surface area contributed by atoms with Gasteiger partial charge in [0.2, 0.25) is 0 Å². The van der Waals surface area contributed by atoms with Crippen molar-refractivity contribution in [3.05, 3.63) is 88.5 Å². The Kier molecular flexibility index (Phi) is 8.85. The first-order valence-electron chi connectivity index (χ1n) is 16.1. The predicted molar refractivity (Wildman–Crippen MR) is 167 cm³/mol. The Morgan fingerprint density at radius 3 is 2.43 bits per heavy atom. The molecule has 3 fully saturated rings. The summed E-state index contributed by atoms with van der Waals surface area (Å²) in [6, 6.07) is 14.9. The van der Waals surface area contributed by atoms with Crippen molar-refractivity contribution >= 4 is 6.03 Å². The number of nitrogens with zero attached hydrogens (tertiary/aromatic N) is 4. The van der Waals surface area contributed by atoms with Gasteiger partial charge >= 0.3 is 6.03 Å². The Morgan fingerprint density at radius 2 is 1.75 bits per heavy atom. The van der Waals surface area contributed by atoms with Crippen LogP contribution in [-0.4, -0.2) is 57.1 Å². The molecule has 1 saturated carbocycles. The fourth-order valence-electron chi connectivity index (χ4n) is 7.95. The van der Waals surface area contributed by atoms with E-state index in [4.69, 9.17) is 0 Å². The third kappa shape index (κ3) is 6.43. The predicted octanol–water partition coefficient (Wildman–Crippen LogP) is 6.39. The number of aromatic nitrogens is 2. The minimum absolute atomic E-state index is 0.0570. The largest absolute Gasteiger partial charge is 0.324 e. The zero-order valence-corrected chi connectivity index (χ0v) is 25.7. The van der Waals surface area contributed by atoms with Crippen molar-refractivity contribution in [1.29, 1.82) is 0 Å². The zero-order chi connectivity index (χ0) is 30.8. The normalized spacial score (nSPS) is 23.4. The highest BCUT2D eigenvalue weighted by atomic mass is 19.1. The quantitative estimate of drug-likeness (QED) is 0.354. The lowest BCUT2D eigenvalue weighted by atomic mass is 9.69. The number of hydrogen-bond donors (Lipinski definition) is 1. The highest BCUT2D eigenvalue weighted by molar-refractivity contribution is 5.75. The second-order valence-electron chi connectivity index (χ2n) is 13.3. The lowest BCUT2D eigenvalue weighted by molar-refractivity contribution is 0.0204. The summed E-state index contributed by atoms with van der Waals surface area (Å²) in [6.07, 6.45) is 8.10. The van der Waals surface area contributed by atoms with Crippen LogP contribution in [0.2, 0.25) is 0 Å². The van der Waals surface area contributed by atoms with Crippen molar-refractivity contribution in [3.8, 4) is 11.3 Å². The van der Waals surface area contributed by atoms with E-state index in [0.29, 0.717) is 43.9 Å². The van der Waals surface area contributed by atoms with Crippen molar-refractivity contribution in [1.82, 2.24) is 24.7 Å². The molecule has 0 bridgehead atoms. The van der Waals surface area contributed by atoms with E-state index in [1.165, 1.54) is 12.1 Å². The van der Waals surface area contributed by atoms with Gasteiger partial charge in [-0.25, -0.2) is 18.6 Å². The minimum Gasteiger partial charge on any atom is -0.324 e. The van der Waals surface area contributed by atoms with Gasteiger partial charge < -0.3 is 15.1 Å². The molecule has 1 spiro atoms. The number of urea groups is 1. The number of carbonyl (C=O) groups is 1. The molecule has 1 unspecified atom stereocenters. The van der Waals surface area contributed by atoms with Gasteiger partial charge in [0.25, 0.3) is 5.56 Å². The number of rotatable bonds is 6. The van der Waals surface area contributed by atoms with E-state index in [-0.39, 0.29) is 35.0 Å². The van der Waals surface area contributed by atoms with Crippen molar-refractivity contribution < 1.29 is 13.6 Å². The second kappa shape index (κ2) is 12.8. The molecule has 234 valence electrons. The molecule has 3 heterocycles. The number of amides is 2. The molecule has 7 nitrogen and oxygen atoms in total. The summed E-state index contributed by atoms with van der Waals surface area (Å²) in [5.74, 6) is -0.998. The van der Waals surface area contributed by atoms with Gasteiger partial charge in [-0.05, 0) is 61.1 Å². The van der Waals surface area contributed by atoms with E-state index in [9.17, 15) is 18.4 Å². The molecule has 3 aliphatic rings. The Bertz CT molecular complexity index is 1500. The van der Waals surface area contributed by atoms with Gasteiger partial charge in [0, 0.05) is 56.0 Å². The lowest BCUT2D eigenvalue weighted by Gasteiger charge is -2.49. The van der Waals surface area contributed by atoms with Crippen LogP contribution in [0.25, 0.3) is 11.3 Å². The Labute approximate surface area is 258 Å². The number of carbonyl (C=O) groups excluding carboxylic acids is 1. The summed E-state index contributed by atoms with van der Waals surface area (Å²) in [7, 11) is 0. The van der Waals surface area contributed by atoms with Gasteiger partial charge in [-0.3, -0.25) is 9.36 Å². The molecule has 3 aromatic rings. The smallest absolute Gasteiger partial charge is 0.320 e. The SMILES string of the molecule is CC(C)N[C@@H]1CCN(C(=O)N2CC[C@@H](Cn3cnc(-c4ccccc4)cc3=O)C3(CCCC3)C2)C(c2cc(F)cc(F)c2)C1. The minimum atomic E-state index is -0.626. The molecule has 3 atom stereocenters. The lowest BCUT2D eigenvalue weighted by Crippen LogP contribution is -2.57. The summed E-state index contributed by atoms with van der Waals surface area (Å²) in [5, 5.41) is 3.56. The number of likely N-dealkylation sites (tertiary alicyclic amines) is 2. The van der Waals surface area contributed by atoms with Crippen LogP contribution in [0.4, 0.5) is 13.6 Å². The van der Waals surface area contributed by atoms with Crippen LogP contribution in [0.1, 0.15) is 70.4 Å². The van der Waals surface area contributed by atoms with Crippen LogP contribution in [0.15, 0.2) is 65.7 Å². The average molecular weight is 604 g/mol. The van der Waals surface area contributed by atoms with Gasteiger partial charge in [0.1, 0.15) is 11.6 Å². The topological polar surface area (TPSA) is 70.5 Å². The molecule has 9 heteroatoms. The summed E-state index contributed by atoms with van der Waals surface area (Å²) in [6.45, 7) is 6.50. The van der Waals surface area contributed by atoms with Crippen LogP contribution >= 0.6 is 0 Å². The summed E-state index contributed by atoms with van der Waals surface area (Å²) < 4.78 is 30.4. The molecule has 2 aliphatic heterocycles. The Morgan fingerprint density at radius 1 is 1.02 bits per heavy atom. The zero-order valence-electron chi connectivity index (χ0n) is 25.7. The fraction of sp³-hybridized carbons (Fsp3) is 0.514. The first-order chi connectivity index (χ1) is 21.2. The summed E-state index contributed by atoms with van der Waals surface area (Å²) in [4.78, 5) is 35.8. The van der Waals surface area contributed by atoms with Crippen LogP contribution in [0, 0.1) is 23.0 Å². The monoisotopic (exact) mass is 603 g/mol. The van der Waals surface area contributed by atoms with Gasteiger partial charge in [-0.15, -0.1) is 0 Å². The molecular weight excluding hydrogens is 560 g/mol. The summed E-state index contributed by atoms with van der Waals surface area (Å²) >= 11 is 0. The molecule has 6 rings (SSSR count). The van der Waals surface area contributed by atoms with E-state index in [1.54, 1.807) is 17.0 Å². The van der Waals surface area contributed by atoms with E-state index < -0.39 is 17.7 Å². The molecule has 2 amide bonds. The van der Waals surface area contributed by atoms with Crippen LogP contribution < -0.4 is 10.9 Å². The van der Waals surface area contributed by atoms with E-state index in [0.717, 1.165) is 50.2 Å². The Balaban J connectivity index is 1.21. The highest BCUT2D eigenvalue weighted by Gasteiger charge is 2.47. The molecular formula is C35H43F2N5O2. The second-order valence-corrected chi connectivity index (χ2v) is 13.3. The molecule has 2 saturated heterocycles. The first kappa shape index (κ1) is 30.4. The molecule has 1 aliphatic carbocycles. The first-order valence-corrected chi connectivity index (χ1v) is 16.1. The van der Waals surface area contributed by atoms with Crippen molar-refractivity contribution in [2.45, 2.75) is 83.5 Å². The third-order valence-corrected chi connectivity index (χ3v) is 10.0. The number of hydrogen-bond acceptors (Lipinski definition) is 4. The number of piperidine rings is 2. The van der Waals surface area contributed by atoms with E-state index >= 15 is 0 Å².